The number of hydrogen-bond acceptors (Lipinski definition) is 4. The topological polar surface area (TPSA) is 55.8 Å². The number of benzene rings is 1. The Labute approximate surface area is 139 Å². The third-order valence-electron chi connectivity index (χ3n) is 4.03. The molecule has 1 amide bonds. The minimum absolute atomic E-state index is 0.385. The fourth-order valence-electron chi connectivity index (χ4n) is 2.69. The molecule has 1 aromatic carbocycles. The number of amides is 1. The molecular weight excluding hydrogens is 323 g/mol. The van der Waals surface area contributed by atoms with Gasteiger partial charge in [0.2, 0.25) is 5.91 Å². The monoisotopic (exact) mass is 345 g/mol. The van der Waals surface area contributed by atoms with E-state index < -0.39 is 18.3 Å². The quantitative estimate of drug-likeness (QED) is 0.764. The number of anilines is 1. The summed E-state index contributed by atoms with van der Waals surface area (Å²) < 4.78 is 38.3. The molecule has 1 heterocycles. The Morgan fingerprint density at radius 2 is 1.92 bits per heavy atom. The maximum absolute atomic E-state index is 12.8. The first kappa shape index (κ1) is 18.5. The van der Waals surface area contributed by atoms with Gasteiger partial charge in [-0.1, -0.05) is 6.07 Å². The molecular formula is C16H22F3N3O2. The summed E-state index contributed by atoms with van der Waals surface area (Å²) >= 11 is 0. The number of alkyl halides is 3. The molecule has 0 bridgehead atoms. The van der Waals surface area contributed by atoms with Crippen LogP contribution in [0.3, 0.4) is 0 Å². The second kappa shape index (κ2) is 8.34. The lowest BCUT2D eigenvalue weighted by Gasteiger charge is -2.36. The highest BCUT2D eigenvalue weighted by Crippen LogP contribution is 2.31. The molecule has 0 atom stereocenters. The van der Waals surface area contributed by atoms with Gasteiger partial charge < -0.3 is 15.3 Å². The number of aliphatic hydroxyl groups excluding tert-OH is 1. The summed E-state index contributed by atoms with van der Waals surface area (Å²) in [4.78, 5) is 15.1. The van der Waals surface area contributed by atoms with Crippen molar-refractivity contribution in [3.05, 3.63) is 29.8 Å². The predicted octanol–water partition coefficient (Wildman–Crippen LogP) is 1.33. The summed E-state index contributed by atoms with van der Waals surface area (Å²) in [5, 5.41) is 11.2. The molecule has 0 spiro atoms. The average Bonchev–Trinajstić information content (AvgIpc) is 2.58. The van der Waals surface area contributed by atoms with Gasteiger partial charge in [-0.15, -0.1) is 0 Å². The standard InChI is InChI=1S/C16H22F3N3O2/c17-16(18,19)13-3-1-4-14(11-13)22-9-7-21(8-10-22)6-2-5-20-15(24)12-23/h1,3-4,11,23H,2,5-10,12H2,(H,20,24). The maximum atomic E-state index is 12.8. The minimum Gasteiger partial charge on any atom is -0.387 e. The van der Waals surface area contributed by atoms with E-state index in [1.54, 1.807) is 6.07 Å². The lowest BCUT2D eigenvalue weighted by Crippen LogP contribution is -2.47. The number of halogens is 3. The predicted molar refractivity (Wildman–Crippen MR) is 84.8 cm³/mol. The number of hydrogen-bond donors (Lipinski definition) is 2. The Bertz CT molecular complexity index is 544. The number of carbonyl (C=O) groups excluding carboxylic acids is 1. The molecule has 0 aromatic heterocycles. The number of piperazine rings is 1. The lowest BCUT2D eigenvalue weighted by molar-refractivity contribution is -0.137. The van der Waals surface area contributed by atoms with Gasteiger partial charge in [0.05, 0.1) is 5.56 Å². The van der Waals surface area contributed by atoms with Gasteiger partial charge in [-0.25, -0.2) is 0 Å². The molecule has 5 nitrogen and oxygen atoms in total. The zero-order chi connectivity index (χ0) is 17.6. The van der Waals surface area contributed by atoms with Crippen molar-refractivity contribution in [3.8, 4) is 0 Å². The summed E-state index contributed by atoms with van der Waals surface area (Å²) in [7, 11) is 0. The summed E-state index contributed by atoms with van der Waals surface area (Å²) in [5.41, 5.74) is -0.0262. The van der Waals surface area contributed by atoms with Gasteiger partial charge >= 0.3 is 6.18 Å². The largest absolute Gasteiger partial charge is 0.416 e. The Kier molecular flexibility index (Phi) is 6.44. The number of nitrogens with zero attached hydrogens (tertiary/aromatic N) is 2. The lowest BCUT2D eigenvalue weighted by atomic mass is 10.1. The van der Waals surface area contributed by atoms with Crippen LogP contribution < -0.4 is 10.2 Å². The summed E-state index contributed by atoms with van der Waals surface area (Å²) in [6.07, 6.45) is -3.55. The van der Waals surface area contributed by atoms with Crippen LogP contribution in [0.2, 0.25) is 0 Å². The van der Waals surface area contributed by atoms with E-state index in [1.807, 2.05) is 4.90 Å². The second-order valence-electron chi connectivity index (χ2n) is 5.74. The van der Waals surface area contributed by atoms with Crippen LogP contribution >= 0.6 is 0 Å². The van der Waals surface area contributed by atoms with Crippen LogP contribution in [0.4, 0.5) is 18.9 Å². The molecule has 0 radical (unpaired) electrons. The van der Waals surface area contributed by atoms with Crippen LogP contribution in [0.15, 0.2) is 24.3 Å². The first-order chi connectivity index (χ1) is 11.4. The Morgan fingerprint density at radius 3 is 2.54 bits per heavy atom. The second-order valence-corrected chi connectivity index (χ2v) is 5.74. The highest BCUT2D eigenvalue weighted by atomic mass is 19.4. The number of rotatable bonds is 6. The Balaban J connectivity index is 1.77. The molecule has 24 heavy (non-hydrogen) atoms. The molecule has 2 rings (SSSR count). The van der Waals surface area contributed by atoms with E-state index in [-0.39, 0.29) is 5.91 Å². The van der Waals surface area contributed by atoms with E-state index in [4.69, 9.17) is 5.11 Å². The summed E-state index contributed by atoms with van der Waals surface area (Å²) in [6.45, 7) is 3.69. The van der Waals surface area contributed by atoms with Crippen LogP contribution in [0.25, 0.3) is 0 Å². The van der Waals surface area contributed by atoms with Crippen LogP contribution in [-0.2, 0) is 11.0 Å². The number of aliphatic hydroxyl groups is 1. The molecule has 1 aliphatic heterocycles. The van der Waals surface area contributed by atoms with E-state index in [0.29, 0.717) is 25.3 Å². The van der Waals surface area contributed by atoms with Gasteiger partial charge in [-0.05, 0) is 31.2 Å². The molecule has 2 N–H and O–H groups in total. The van der Waals surface area contributed by atoms with Gasteiger partial charge in [-0.2, -0.15) is 13.2 Å². The SMILES string of the molecule is O=C(CO)NCCCN1CCN(c2cccc(C(F)(F)F)c2)CC1. The maximum Gasteiger partial charge on any atom is 0.416 e. The Hall–Kier alpha value is -1.80. The average molecular weight is 345 g/mol. The van der Waals surface area contributed by atoms with E-state index in [9.17, 15) is 18.0 Å². The highest BCUT2D eigenvalue weighted by molar-refractivity contribution is 5.76. The molecule has 0 unspecified atom stereocenters. The number of carbonyl (C=O) groups is 1. The fraction of sp³-hybridized carbons (Fsp3) is 0.562. The van der Waals surface area contributed by atoms with Gasteiger partial charge in [0.1, 0.15) is 6.61 Å². The third-order valence-corrected chi connectivity index (χ3v) is 4.03. The molecule has 0 saturated carbocycles. The van der Waals surface area contributed by atoms with Crippen molar-refractivity contribution in [2.75, 3.05) is 50.8 Å². The van der Waals surface area contributed by atoms with Crippen molar-refractivity contribution in [2.45, 2.75) is 12.6 Å². The van der Waals surface area contributed by atoms with E-state index in [1.165, 1.54) is 12.1 Å². The highest BCUT2D eigenvalue weighted by Gasteiger charge is 2.31. The number of nitrogens with one attached hydrogen (secondary N) is 1. The van der Waals surface area contributed by atoms with Crippen molar-refractivity contribution >= 4 is 11.6 Å². The van der Waals surface area contributed by atoms with Gasteiger partial charge in [0.25, 0.3) is 0 Å². The van der Waals surface area contributed by atoms with Crippen molar-refractivity contribution in [2.24, 2.45) is 0 Å². The van der Waals surface area contributed by atoms with Crippen molar-refractivity contribution < 1.29 is 23.1 Å². The van der Waals surface area contributed by atoms with E-state index in [2.05, 4.69) is 10.2 Å². The zero-order valence-corrected chi connectivity index (χ0v) is 13.4. The molecule has 1 aliphatic rings. The van der Waals surface area contributed by atoms with Crippen LogP contribution in [0.5, 0.6) is 0 Å². The minimum atomic E-state index is -4.32. The molecule has 0 aliphatic carbocycles. The molecule has 1 fully saturated rings. The first-order valence-corrected chi connectivity index (χ1v) is 7.92. The zero-order valence-electron chi connectivity index (χ0n) is 13.4. The van der Waals surface area contributed by atoms with Crippen LogP contribution in [-0.4, -0.2) is 61.8 Å². The fourth-order valence-corrected chi connectivity index (χ4v) is 2.69. The van der Waals surface area contributed by atoms with Gasteiger partial charge in [0, 0.05) is 38.4 Å². The molecule has 1 saturated heterocycles. The van der Waals surface area contributed by atoms with Crippen molar-refractivity contribution in [1.29, 1.82) is 0 Å². The molecule has 134 valence electrons. The van der Waals surface area contributed by atoms with E-state index >= 15 is 0 Å². The molecule has 1 aromatic rings. The van der Waals surface area contributed by atoms with Gasteiger partial charge in [-0.3, -0.25) is 9.69 Å². The Morgan fingerprint density at radius 1 is 1.21 bits per heavy atom. The smallest absolute Gasteiger partial charge is 0.387 e. The summed E-state index contributed by atoms with van der Waals surface area (Å²) in [5.74, 6) is -0.385. The first-order valence-electron chi connectivity index (χ1n) is 7.92. The van der Waals surface area contributed by atoms with Crippen LogP contribution in [0, 0.1) is 0 Å². The van der Waals surface area contributed by atoms with E-state index in [0.717, 1.165) is 32.1 Å². The summed E-state index contributed by atoms with van der Waals surface area (Å²) in [6, 6.07) is 5.42. The van der Waals surface area contributed by atoms with Gasteiger partial charge in [0.15, 0.2) is 0 Å². The van der Waals surface area contributed by atoms with Crippen molar-refractivity contribution in [1.82, 2.24) is 10.2 Å². The van der Waals surface area contributed by atoms with Crippen LogP contribution in [0.1, 0.15) is 12.0 Å². The third kappa shape index (κ3) is 5.38. The van der Waals surface area contributed by atoms with Crippen molar-refractivity contribution in [3.63, 3.8) is 0 Å². The molecule has 8 heteroatoms. The normalized spacial score (nSPS) is 16.2.